The van der Waals surface area contributed by atoms with Gasteiger partial charge in [0.2, 0.25) is 0 Å². The van der Waals surface area contributed by atoms with Crippen LogP contribution in [0.15, 0.2) is 66.9 Å². The fraction of sp³-hybridized carbons (Fsp3) is 0.259. The third kappa shape index (κ3) is 3.91. The number of aromatic nitrogens is 1. The number of hydrogen-bond acceptors (Lipinski definition) is 4. The van der Waals surface area contributed by atoms with Crippen molar-refractivity contribution < 1.29 is 9.53 Å². The van der Waals surface area contributed by atoms with Crippen molar-refractivity contribution in [2.75, 3.05) is 13.1 Å². The average molecular weight is 411 g/mol. The van der Waals surface area contributed by atoms with Crippen molar-refractivity contribution in [1.29, 1.82) is 0 Å². The molecule has 5 rings (SSSR count). The molecule has 1 aliphatic carbocycles. The lowest BCUT2D eigenvalue weighted by atomic mass is 9.99. The van der Waals surface area contributed by atoms with E-state index < -0.39 is 0 Å². The number of rotatable bonds is 6. The quantitative estimate of drug-likeness (QED) is 0.554. The predicted molar refractivity (Wildman–Crippen MR) is 122 cm³/mol. The van der Waals surface area contributed by atoms with Crippen molar-refractivity contribution in [2.45, 2.75) is 32.9 Å². The molecule has 0 fully saturated rings. The minimum absolute atomic E-state index is 0.153. The normalized spacial score (nSPS) is 17.0. The fourth-order valence-corrected chi connectivity index (χ4v) is 4.53. The molecule has 0 saturated carbocycles. The van der Waals surface area contributed by atoms with Gasteiger partial charge in [-0.05, 0) is 35.4 Å². The summed E-state index contributed by atoms with van der Waals surface area (Å²) in [6.07, 6.45) is 3.26. The second-order valence-corrected chi connectivity index (χ2v) is 8.18. The smallest absolute Gasteiger partial charge is 0.171 e. The number of carbonyl (C=O) groups is 1. The van der Waals surface area contributed by atoms with Gasteiger partial charge in [-0.15, -0.1) is 0 Å². The number of ketones is 1. The summed E-state index contributed by atoms with van der Waals surface area (Å²) in [6, 6.07) is 20.6. The van der Waals surface area contributed by atoms with Gasteiger partial charge in [0.25, 0.3) is 0 Å². The maximum Gasteiger partial charge on any atom is 0.171 e. The molecule has 4 nitrogen and oxygen atoms in total. The van der Waals surface area contributed by atoms with E-state index in [1.165, 1.54) is 5.56 Å². The average Bonchev–Trinajstić information content (AvgIpc) is 3.36. The zero-order valence-electron chi connectivity index (χ0n) is 17.8. The van der Waals surface area contributed by atoms with Gasteiger partial charge < -0.3 is 4.74 Å². The molecule has 2 heterocycles. The van der Waals surface area contributed by atoms with E-state index in [-0.39, 0.29) is 5.78 Å². The van der Waals surface area contributed by atoms with Crippen molar-refractivity contribution >= 4 is 17.1 Å². The van der Waals surface area contributed by atoms with Crippen molar-refractivity contribution in [2.24, 2.45) is 0 Å². The molecule has 0 atom stereocenters. The molecule has 2 aromatic carbocycles. The Morgan fingerprint density at radius 3 is 2.71 bits per heavy atom. The first-order valence-corrected chi connectivity index (χ1v) is 11.0. The van der Waals surface area contributed by atoms with E-state index in [0.29, 0.717) is 13.0 Å². The number of fused-ring (bicyclic) bond motifs is 2. The molecule has 156 valence electrons. The van der Waals surface area contributed by atoms with Crippen molar-refractivity contribution in [3.63, 3.8) is 0 Å². The monoisotopic (exact) mass is 410 g/mol. The summed E-state index contributed by atoms with van der Waals surface area (Å²) in [5, 5.41) is 0. The van der Waals surface area contributed by atoms with Crippen LogP contribution in [0, 0.1) is 0 Å². The Bertz CT molecular complexity index is 1150. The Morgan fingerprint density at radius 2 is 1.87 bits per heavy atom. The molecule has 0 N–H and O–H groups in total. The van der Waals surface area contributed by atoms with Gasteiger partial charge in [0, 0.05) is 48.9 Å². The first-order chi connectivity index (χ1) is 15.2. The summed E-state index contributed by atoms with van der Waals surface area (Å²) in [7, 11) is 0. The van der Waals surface area contributed by atoms with Gasteiger partial charge >= 0.3 is 0 Å². The first-order valence-electron chi connectivity index (χ1n) is 11.0. The molecule has 1 aliphatic heterocycles. The van der Waals surface area contributed by atoms with Crippen molar-refractivity contribution in [1.82, 2.24) is 9.88 Å². The second-order valence-electron chi connectivity index (χ2n) is 8.18. The summed E-state index contributed by atoms with van der Waals surface area (Å²) in [5.41, 5.74) is 7.47. The molecule has 0 saturated heterocycles. The Balaban J connectivity index is 1.35. The maximum absolute atomic E-state index is 12.7. The van der Waals surface area contributed by atoms with Gasteiger partial charge in [0.05, 0.1) is 5.57 Å². The van der Waals surface area contributed by atoms with E-state index in [9.17, 15) is 4.79 Å². The molecule has 0 unspecified atom stereocenters. The van der Waals surface area contributed by atoms with Crippen LogP contribution in [-0.4, -0.2) is 28.8 Å². The Morgan fingerprint density at radius 1 is 1.00 bits per heavy atom. The zero-order valence-corrected chi connectivity index (χ0v) is 17.8. The summed E-state index contributed by atoms with van der Waals surface area (Å²) < 4.78 is 6.06. The molecule has 0 spiro atoms. The van der Waals surface area contributed by atoms with Crippen LogP contribution in [0.2, 0.25) is 0 Å². The van der Waals surface area contributed by atoms with Crippen molar-refractivity contribution in [3.8, 4) is 0 Å². The summed E-state index contributed by atoms with van der Waals surface area (Å²) in [6.45, 7) is 5.57. The van der Waals surface area contributed by atoms with E-state index in [0.717, 1.165) is 65.3 Å². The van der Waals surface area contributed by atoms with Crippen LogP contribution < -0.4 is 0 Å². The number of nitrogens with zero attached hydrogens (tertiary/aromatic N) is 2. The highest BCUT2D eigenvalue weighted by Crippen LogP contribution is 2.40. The lowest BCUT2D eigenvalue weighted by Crippen LogP contribution is -2.25. The van der Waals surface area contributed by atoms with E-state index in [4.69, 9.17) is 4.74 Å². The van der Waals surface area contributed by atoms with Crippen LogP contribution >= 0.6 is 0 Å². The minimum atomic E-state index is 0.153. The molecule has 3 aromatic rings. The molecular formula is C27H26N2O2. The first kappa shape index (κ1) is 19.7. The van der Waals surface area contributed by atoms with Gasteiger partial charge in [-0.1, -0.05) is 55.5 Å². The summed E-state index contributed by atoms with van der Waals surface area (Å²) in [5.74, 6) is 0.902. The van der Waals surface area contributed by atoms with E-state index in [1.807, 2.05) is 42.6 Å². The minimum Gasteiger partial charge on any atom is -0.487 e. The van der Waals surface area contributed by atoms with E-state index in [2.05, 4.69) is 41.1 Å². The molecule has 1 aromatic heterocycles. The van der Waals surface area contributed by atoms with Crippen LogP contribution in [0.25, 0.3) is 11.3 Å². The molecule has 0 bridgehead atoms. The number of allylic oxidation sites excluding steroid dienone is 1. The molecule has 2 aliphatic rings. The van der Waals surface area contributed by atoms with E-state index >= 15 is 0 Å². The lowest BCUT2D eigenvalue weighted by Gasteiger charge is -2.20. The Kier molecular flexibility index (Phi) is 5.39. The second kappa shape index (κ2) is 8.48. The molecule has 0 amide bonds. The topological polar surface area (TPSA) is 42.4 Å². The Hall–Kier alpha value is -3.24. The van der Waals surface area contributed by atoms with Crippen LogP contribution in [0.4, 0.5) is 0 Å². The summed E-state index contributed by atoms with van der Waals surface area (Å²) >= 11 is 0. The van der Waals surface area contributed by atoms with Crippen molar-refractivity contribution in [3.05, 3.63) is 100 Å². The highest BCUT2D eigenvalue weighted by atomic mass is 16.5. The Labute approximate surface area is 183 Å². The number of likely N-dealkylation sites (N-methyl/N-ethyl adjacent to an activating group) is 1. The molecule has 0 radical (unpaired) electrons. The number of benzene rings is 2. The predicted octanol–water partition coefficient (Wildman–Crippen LogP) is 4.67. The van der Waals surface area contributed by atoms with Gasteiger partial charge in [-0.25, -0.2) is 0 Å². The van der Waals surface area contributed by atoms with Gasteiger partial charge in [0.15, 0.2) is 5.78 Å². The standard InChI is InChI=1S/C27H26N2O2/c1-2-29(14-12-22-8-5-6-13-28-22)17-19-10-11-24-21(15-19)18-31-27(24)26-23-9-4-3-7-20(23)16-25(26)30/h3-11,13,15H,2,12,14,16-18H2,1H3/b27-26+. The van der Waals surface area contributed by atoms with Gasteiger partial charge in [-0.3, -0.25) is 14.7 Å². The highest BCUT2D eigenvalue weighted by Gasteiger charge is 2.32. The largest absolute Gasteiger partial charge is 0.487 e. The van der Waals surface area contributed by atoms with Gasteiger partial charge in [0.1, 0.15) is 12.4 Å². The van der Waals surface area contributed by atoms with Crippen LogP contribution in [0.1, 0.15) is 40.4 Å². The lowest BCUT2D eigenvalue weighted by molar-refractivity contribution is -0.112. The number of carbonyl (C=O) groups excluding carboxylic acids is 1. The van der Waals surface area contributed by atoms with Gasteiger partial charge in [-0.2, -0.15) is 0 Å². The third-order valence-corrected chi connectivity index (χ3v) is 6.19. The summed E-state index contributed by atoms with van der Waals surface area (Å²) in [4.78, 5) is 19.6. The van der Waals surface area contributed by atoms with Crippen LogP contribution in [-0.2, 0) is 35.5 Å². The van der Waals surface area contributed by atoms with Crippen LogP contribution in [0.3, 0.4) is 0 Å². The number of ether oxygens (including phenoxy) is 1. The zero-order chi connectivity index (χ0) is 21.2. The molecular weight excluding hydrogens is 384 g/mol. The molecule has 4 heteroatoms. The van der Waals surface area contributed by atoms with Crippen LogP contribution in [0.5, 0.6) is 0 Å². The number of hydrogen-bond donors (Lipinski definition) is 0. The fourth-order valence-electron chi connectivity index (χ4n) is 4.53. The molecule has 31 heavy (non-hydrogen) atoms. The SMILES string of the molecule is CCN(CCc1ccccn1)Cc1ccc2c(c1)CO/C2=C1/C(=O)Cc2ccccc21. The van der Waals surface area contributed by atoms with E-state index in [1.54, 1.807) is 0 Å². The highest BCUT2D eigenvalue weighted by molar-refractivity contribution is 6.31. The maximum atomic E-state index is 12.7. The number of pyridine rings is 1. The number of Topliss-reactive ketones (excluding diaryl/α,β-unsaturated/α-hetero) is 1. The third-order valence-electron chi connectivity index (χ3n) is 6.19.